The normalized spacial score (nSPS) is 18.8. The Morgan fingerprint density at radius 2 is 1.86 bits per heavy atom. The highest BCUT2D eigenvalue weighted by atomic mass is 35.5. The molecule has 0 saturated carbocycles. The smallest absolute Gasteiger partial charge is 0.291 e. The van der Waals surface area contributed by atoms with Crippen LogP contribution >= 0.6 is 11.6 Å². The van der Waals surface area contributed by atoms with Gasteiger partial charge in [-0.15, -0.1) is 0 Å². The molecule has 234 valence electrons. The van der Waals surface area contributed by atoms with Gasteiger partial charge < -0.3 is 35.4 Å². The average molecular weight is 631 g/mol. The summed E-state index contributed by atoms with van der Waals surface area (Å²) in [5.41, 5.74) is 0.521. The molecule has 12 nitrogen and oxygen atoms in total. The van der Waals surface area contributed by atoms with Gasteiger partial charge in [-0.05, 0) is 43.5 Å². The molecule has 0 spiro atoms. The number of aliphatic hydroxyl groups is 1. The van der Waals surface area contributed by atoms with E-state index in [2.05, 4.69) is 25.9 Å². The van der Waals surface area contributed by atoms with E-state index in [0.717, 1.165) is 6.07 Å². The Morgan fingerprint density at radius 3 is 2.50 bits per heavy atom. The van der Waals surface area contributed by atoms with Gasteiger partial charge in [0.25, 0.3) is 11.8 Å². The van der Waals surface area contributed by atoms with E-state index in [0.29, 0.717) is 44.6 Å². The predicted molar refractivity (Wildman–Crippen MR) is 160 cm³/mol. The van der Waals surface area contributed by atoms with Gasteiger partial charge in [-0.3, -0.25) is 14.4 Å². The molecule has 2 aliphatic heterocycles. The summed E-state index contributed by atoms with van der Waals surface area (Å²) in [6, 6.07) is 4.92. The van der Waals surface area contributed by atoms with Crippen molar-refractivity contribution < 1.29 is 28.3 Å². The molecule has 5 rings (SSSR count). The number of carbonyl (C=O) groups is 3. The monoisotopic (exact) mass is 630 g/mol. The number of hydrogen-bond acceptors (Lipinski definition) is 8. The molecule has 44 heavy (non-hydrogen) atoms. The van der Waals surface area contributed by atoms with Crippen LogP contribution in [-0.2, 0) is 11.8 Å². The number of pyridine rings is 1. The number of benzene rings is 1. The highest BCUT2D eigenvalue weighted by molar-refractivity contribution is 6.34. The first-order valence-electron chi connectivity index (χ1n) is 14.1. The Morgan fingerprint density at radius 1 is 1.14 bits per heavy atom. The van der Waals surface area contributed by atoms with Crippen molar-refractivity contribution in [1.29, 1.82) is 0 Å². The summed E-state index contributed by atoms with van der Waals surface area (Å²) in [6.45, 7) is 1.39. The molecule has 0 aliphatic carbocycles. The molecule has 1 unspecified atom stereocenters. The zero-order valence-corrected chi connectivity index (χ0v) is 25.2. The first-order valence-corrected chi connectivity index (χ1v) is 14.5. The number of likely N-dealkylation sites (tertiary alicyclic amines) is 1. The topological polar surface area (TPSA) is 145 Å². The molecular formula is C29H33ClF2N8O4. The van der Waals surface area contributed by atoms with Gasteiger partial charge >= 0.3 is 0 Å². The summed E-state index contributed by atoms with van der Waals surface area (Å²) < 4.78 is 30.5. The number of carbonyl (C=O) groups excluding carboxylic acids is 3. The van der Waals surface area contributed by atoms with Crippen LogP contribution in [0.5, 0.6) is 0 Å². The lowest BCUT2D eigenvalue weighted by atomic mass is 10.0. The second-order valence-corrected chi connectivity index (χ2v) is 11.5. The van der Waals surface area contributed by atoms with Crippen LogP contribution in [0.2, 0.25) is 5.02 Å². The van der Waals surface area contributed by atoms with Gasteiger partial charge in [-0.1, -0.05) is 11.6 Å². The maximum absolute atomic E-state index is 14.7. The molecular weight excluding hydrogens is 598 g/mol. The van der Waals surface area contributed by atoms with Crippen LogP contribution in [-0.4, -0.2) is 94.2 Å². The predicted octanol–water partition coefficient (Wildman–Crippen LogP) is 2.18. The molecule has 0 bridgehead atoms. The van der Waals surface area contributed by atoms with Crippen LogP contribution < -0.4 is 20.9 Å². The van der Waals surface area contributed by atoms with Gasteiger partial charge in [0.15, 0.2) is 17.5 Å². The van der Waals surface area contributed by atoms with E-state index in [4.69, 9.17) is 11.6 Å². The van der Waals surface area contributed by atoms with E-state index >= 15 is 0 Å². The molecule has 0 radical (unpaired) electrons. The van der Waals surface area contributed by atoms with Crippen molar-refractivity contribution in [3.05, 3.63) is 58.6 Å². The van der Waals surface area contributed by atoms with Crippen molar-refractivity contribution in [1.82, 2.24) is 30.1 Å². The van der Waals surface area contributed by atoms with Gasteiger partial charge in [0, 0.05) is 52.5 Å². The highest BCUT2D eigenvalue weighted by Crippen LogP contribution is 2.28. The van der Waals surface area contributed by atoms with Gasteiger partial charge in [0.2, 0.25) is 11.9 Å². The van der Waals surface area contributed by atoms with Crippen molar-refractivity contribution >= 4 is 40.8 Å². The maximum Gasteiger partial charge on any atom is 0.291 e. The lowest BCUT2D eigenvalue weighted by Gasteiger charge is -2.34. The summed E-state index contributed by atoms with van der Waals surface area (Å²) in [7, 11) is 4.58. The van der Waals surface area contributed by atoms with Crippen LogP contribution in [0.4, 0.5) is 20.3 Å². The molecule has 4 heterocycles. The average Bonchev–Trinajstić information content (AvgIpc) is 3.59. The molecule has 3 amide bonds. The third-order valence-corrected chi connectivity index (χ3v) is 8.13. The van der Waals surface area contributed by atoms with Gasteiger partial charge in [0.05, 0.1) is 40.2 Å². The number of anilines is 2. The third-order valence-electron chi connectivity index (χ3n) is 7.82. The number of nitrogens with one attached hydrogen (secondary N) is 3. The lowest BCUT2D eigenvalue weighted by Crippen LogP contribution is -2.50. The first-order chi connectivity index (χ1) is 20.9. The molecule has 2 atom stereocenters. The van der Waals surface area contributed by atoms with Gasteiger partial charge in [0.1, 0.15) is 0 Å². The number of imidazole rings is 1. The molecule has 15 heteroatoms. The van der Waals surface area contributed by atoms with Crippen molar-refractivity contribution in [2.75, 3.05) is 43.9 Å². The zero-order chi connectivity index (χ0) is 31.7. The number of β-amino-alcohol motifs (C(OH)–C–C–N with tert-alkyl or cyclic N) is 1. The zero-order valence-electron chi connectivity index (χ0n) is 24.4. The van der Waals surface area contributed by atoms with Crippen LogP contribution in [0.3, 0.4) is 0 Å². The molecule has 2 aromatic heterocycles. The highest BCUT2D eigenvalue weighted by Gasteiger charge is 2.33. The fourth-order valence-corrected chi connectivity index (χ4v) is 5.68. The van der Waals surface area contributed by atoms with E-state index < -0.39 is 23.8 Å². The summed E-state index contributed by atoms with van der Waals surface area (Å²) >= 11 is 6.40. The van der Waals surface area contributed by atoms with Crippen molar-refractivity contribution in [2.45, 2.75) is 37.5 Å². The lowest BCUT2D eigenvalue weighted by molar-refractivity contribution is -0.134. The fourth-order valence-electron chi connectivity index (χ4n) is 5.42. The largest absolute Gasteiger partial charge is 0.392 e. The molecule has 2 aliphatic rings. The first kappa shape index (κ1) is 31.3. The molecule has 1 aromatic carbocycles. The number of aromatic nitrogens is 3. The standard InChI is InChI=1S/C29H33ClF2N8O4/c1-38(2)25-21(31)12-19(24(32)37-25)23-14-34-26(39(23)3)28(43)36-16-4-5-18(20(30)10-16)27(42)35-15-6-8-40(9-7-15)29(44)22-11-17(41)13-33-22/h4-5,10,12,14-15,17,22,33,41H,6-9,11,13H2,1-3H3,(H,35,42)(H,36,43)/t17-,22?/m1/s1. The van der Waals surface area contributed by atoms with Crippen LogP contribution in [0.15, 0.2) is 30.5 Å². The maximum atomic E-state index is 14.7. The number of rotatable bonds is 7. The summed E-state index contributed by atoms with van der Waals surface area (Å²) in [4.78, 5) is 49.5. The molecule has 2 fully saturated rings. The third kappa shape index (κ3) is 6.51. The van der Waals surface area contributed by atoms with E-state index in [1.165, 1.54) is 40.9 Å². The van der Waals surface area contributed by atoms with E-state index in [-0.39, 0.29) is 57.4 Å². The Hall–Kier alpha value is -4.14. The molecule has 4 N–H and O–H groups in total. The summed E-state index contributed by atoms with van der Waals surface area (Å²) in [5, 5.41) is 18.4. The van der Waals surface area contributed by atoms with Crippen LogP contribution in [0.1, 0.15) is 40.2 Å². The second kappa shape index (κ2) is 12.8. The van der Waals surface area contributed by atoms with Gasteiger partial charge in [-0.2, -0.15) is 9.37 Å². The Bertz CT molecular complexity index is 1590. The Balaban J connectivity index is 1.19. The number of hydrogen-bond donors (Lipinski definition) is 4. The van der Waals surface area contributed by atoms with E-state index in [9.17, 15) is 28.3 Å². The number of halogens is 3. The van der Waals surface area contributed by atoms with Gasteiger partial charge in [-0.25, -0.2) is 9.37 Å². The Labute approximate surface area is 257 Å². The van der Waals surface area contributed by atoms with Crippen molar-refractivity contribution in [3.63, 3.8) is 0 Å². The SMILES string of the molecule is CN(C)c1nc(F)c(-c2cnc(C(=O)Nc3ccc(C(=O)NC4CCN(C(=O)C5C[C@@H](O)CN5)CC4)c(Cl)c3)n2C)cc1F. The number of nitrogens with zero attached hydrogens (tertiary/aromatic N) is 5. The summed E-state index contributed by atoms with van der Waals surface area (Å²) in [5.74, 6) is -2.91. The minimum Gasteiger partial charge on any atom is -0.392 e. The van der Waals surface area contributed by atoms with E-state index in [1.807, 2.05) is 0 Å². The van der Waals surface area contributed by atoms with Crippen molar-refractivity contribution in [3.8, 4) is 11.3 Å². The fraction of sp³-hybridized carbons (Fsp3) is 0.414. The van der Waals surface area contributed by atoms with E-state index in [1.54, 1.807) is 19.0 Å². The van der Waals surface area contributed by atoms with Crippen LogP contribution in [0.25, 0.3) is 11.3 Å². The Kier molecular flexibility index (Phi) is 9.13. The second-order valence-electron chi connectivity index (χ2n) is 11.1. The number of aliphatic hydroxyl groups excluding tert-OH is 1. The number of amides is 3. The molecule has 2 saturated heterocycles. The molecule has 3 aromatic rings. The minimum atomic E-state index is -0.910. The van der Waals surface area contributed by atoms with Crippen LogP contribution in [0, 0.1) is 11.8 Å². The number of piperidine rings is 1. The quantitative estimate of drug-likeness (QED) is 0.291. The summed E-state index contributed by atoms with van der Waals surface area (Å²) in [6.07, 6.45) is 2.30. The van der Waals surface area contributed by atoms with Crippen molar-refractivity contribution in [2.24, 2.45) is 7.05 Å². The minimum absolute atomic E-state index is 0.0366.